The fourth-order valence-electron chi connectivity index (χ4n) is 2.86. The quantitative estimate of drug-likeness (QED) is 0.750. The van der Waals surface area contributed by atoms with E-state index in [1.165, 1.54) is 10.6 Å². The van der Waals surface area contributed by atoms with Crippen LogP contribution in [-0.2, 0) is 14.8 Å². The second-order valence-electron chi connectivity index (χ2n) is 5.60. The Morgan fingerprint density at radius 3 is 2.05 bits per heavy atom. The number of hydrogen-bond donors (Lipinski definition) is 1. The first kappa shape index (κ1) is 14.7. The van der Waals surface area contributed by atoms with E-state index in [0.29, 0.717) is 26.2 Å². The molecule has 6 nitrogen and oxygen atoms in total. The molecule has 19 heavy (non-hydrogen) atoms. The maximum atomic E-state index is 12.3. The summed E-state index contributed by atoms with van der Waals surface area (Å²) in [6.45, 7) is 1.84. The highest BCUT2D eigenvalue weighted by Gasteiger charge is 2.31. The smallest absolute Gasteiger partial charge is 0.225 e. The number of amides is 1. The molecule has 1 heterocycles. The van der Waals surface area contributed by atoms with Crippen LogP contribution in [0.3, 0.4) is 0 Å². The van der Waals surface area contributed by atoms with Gasteiger partial charge in [0.25, 0.3) is 0 Å². The lowest BCUT2D eigenvalue weighted by molar-refractivity contribution is -0.137. The molecule has 7 heteroatoms. The maximum Gasteiger partial charge on any atom is 0.225 e. The highest BCUT2D eigenvalue weighted by atomic mass is 32.2. The Kier molecular flexibility index (Phi) is 4.47. The zero-order valence-corrected chi connectivity index (χ0v) is 12.2. The first-order chi connectivity index (χ1) is 8.88. The molecule has 1 saturated heterocycles. The van der Waals surface area contributed by atoms with E-state index in [0.717, 1.165) is 25.7 Å². The Balaban J connectivity index is 1.86. The minimum atomic E-state index is -3.13. The topological polar surface area (TPSA) is 83.7 Å². The largest absolute Gasteiger partial charge is 0.340 e. The Hall–Kier alpha value is -0.660. The van der Waals surface area contributed by atoms with Crippen LogP contribution in [0.4, 0.5) is 0 Å². The summed E-state index contributed by atoms with van der Waals surface area (Å²) < 4.78 is 24.3. The van der Waals surface area contributed by atoms with E-state index in [1.54, 1.807) is 0 Å². The zero-order valence-electron chi connectivity index (χ0n) is 11.4. The van der Waals surface area contributed by atoms with E-state index >= 15 is 0 Å². The molecule has 2 rings (SSSR count). The van der Waals surface area contributed by atoms with Crippen molar-refractivity contribution in [2.45, 2.75) is 31.7 Å². The van der Waals surface area contributed by atoms with Crippen molar-refractivity contribution in [2.24, 2.45) is 11.7 Å². The van der Waals surface area contributed by atoms with E-state index in [9.17, 15) is 13.2 Å². The molecular weight excluding hydrogens is 266 g/mol. The molecule has 0 bridgehead atoms. The molecule has 0 aromatic carbocycles. The molecule has 1 aliphatic carbocycles. The van der Waals surface area contributed by atoms with Gasteiger partial charge in [0.1, 0.15) is 0 Å². The zero-order chi connectivity index (χ0) is 14.0. The van der Waals surface area contributed by atoms with Crippen LogP contribution in [0.5, 0.6) is 0 Å². The lowest BCUT2D eigenvalue weighted by Crippen LogP contribution is -2.52. The van der Waals surface area contributed by atoms with E-state index in [2.05, 4.69) is 0 Å². The summed E-state index contributed by atoms with van der Waals surface area (Å²) >= 11 is 0. The third-order valence-electron chi connectivity index (χ3n) is 4.14. The van der Waals surface area contributed by atoms with Crippen molar-refractivity contribution in [2.75, 3.05) is 32.4 Å². The molecule has 0 radical (unpaired) electrons. The SMILES string of the molecule is CS(=O)(=O)N1CCN(C(=O)C2CCC(N)CC2)CC1. The number of rotatable bonds is 2. The average Bonchev–Trinajstić information content (AvgIpc) is 2.38. The van der Waals surface area contributed by atoms with Crippen molar-refractivity contribution < 1.29 is 13.2 Å². The normalized spacial score (nSPS) is 30.3. The number of piperazine rings is 1. The van der Waals surface area contributed by atoms with Crippen molar-refractivity contribution in [3.63, 3.8) is 0 Å². The van der Waals surface area contributed by atoms with Crippen molar-refractivity contribution in [3.8, 4) is 0 Å². The third kappa shape index (κ3) is 3.67. The monoisotopic (exact) mass is 289 g/mol. The molecule has 1 saturated carbocycles. The summed E-state index contributed by atoms with van der Waals surface area (Å²) in [5.41, 5.74) is 5.84. The highest BCUT2D eigenvalue weighted by Crippen LogP contribution is 2.25. The Labute approximate surface area is 115 Å². The Morgan fingerprint density at radius 1 is 1.05 bits per heavy atom. The van der Waals surface area contributed by atoms with Gasteiger partial charge < -0.3 is 10.6 Å². The first-order valence-electron chi connectivity index (χ1n) is 6.87. The van der Waals surface area contributed by atoms with Crippen molar-refractivity contribution >= 4 is 15.9 Å². The van der Waals surface area contributed by atoms with Crippen molar-refractivity contribution in [1.29, 1.82) is 0 Å². The lowest BCUT2D eigenvalue weighted by Gasteiger charge is -2.36. The van der Waals surface area contributed by atoms with Crippen LogP contribution in [0, 0.1) is 5.92 Å². The fraction of sp³-hybridized carbons (Fsp3) is 0.917. The van der Waals surface area contributed by atoms with Crippen LogP contribution in [0.2, 0.25) is 0 Å². The van der Waals surface area contributed by atoms with Gasteiger partial charge in [-0.3, -0.25) is 4.79 Å². The molecule has 0 unspecified atom stereocenters. The van der Waals surface area contributed by atoms with Gasteiger partial charge in [-0.2, -0.15) is 4.31 Å². The second-order valence-corrected chi connectivity index (χ2v) is 7.58. The van der Waals surface area contributed by atoms with E-state index in [4.69, 9.17) is 5.73 Å². The predicted octanol–water partition coefficient (Wildman–Crippen LogP) is -0.392. The van der Waals surface area contributed by atoms with Gasteiger partial charge in [-0.15, -0.1) is 0 Å². The highest BCUT2D eigenvalue weighted by molar-refractivity contribution is 7.88. The summed E-state index contributed by atoms with van der Waals surface area (Å²) in [7, 11) is -3.13. The second kappa shape index (κ2) is 5.76. The number of sulfonamides is 1. The number of carbonyl (C=O) groups excluding carboxylic acids is 1. The number of nitrogens with zero attached hydrogens (tertiary/aromatic N) is 2. The summed E-state index contributed by atoms with van der Waals surface area (Å²) in [6.07, 6.45) is 4.78. The van der Waals surface area contributed by atoms with Crippen LogP contribution in [0.1, 0.15) is 25.7 Å². The van der Waals surface area contributed by atoms with E-state index < -0.39 is 10.0 Å². The third-order valence-corrected chi connectivity index (χ3v) is 5.44. The first-order valence-corrected chi connectivity index (χ1v) is 8.72. The van der Waals surface area contributed by atoms with Gasteiger partial charge in [-0.25, -0.2) is 8.42 Å². The molecule has 0 spiro atoms. The van der Waals surface area contributed by atoms with Crippen LogP contribution in [-0.4, -0.2) is 62.0 Å². The van der Waals surface area contributed by atoms with Crippen LogP contribution in [0.25, 0.3) is 0 Å². The van der Waals surface area contributed by atoms with Gasteiger partial charge >= 0.3 is 0 Å². The van der Waals surface area contributed by atoms with Gasteiger partial charge in [0.2, 0.25) is 15.9 Å². The Morgan fingerprint density at radius 2 is 1.58 bits per heavy atom. The molecule has 110 valence electrons. The summed E-state index contributed by atoms with van der Waals surface area (Å²) in [6, 6.07) is 0.242. The lowest BCUT2D eigenvalue weighted by atomic mass is 9.85. The van der Waals surface area contributed by atoms with Gasteiger partial charge in [0.05, 0.1) is 6.26 Å². The molecule has 0 aromatic rings. The van der Waals surface area contributed by atoms with Crippen molar-refractivity contribution in [3.05, 3.63) is 0 Å². The molecule has 0 atom stereocenters. The molecule has 1 aliphatic heterocycles. The summed E-state index contributed by atoms with van der Waals surface area (Å²) in [5, 5.41) is 0. The number of hydrogen-bond acceptors (Lipinski definition) is 4. The molecule has 1 amide bonds. The number of carbonyl (C=O) groups is 1. The van der Waals surface area contributed by atoms with Gasteiger partial charge in [-0.1, -0.05) is 0 Å². The van der Waals surface area contributed by atoms with E-state index in [1.807, 2.05) is 4.90 Å². The van der Waals surface area contributed by atoms with Crippen molar-refractivity contribution in [1.82, 2.24) is 9.21 Å². The maximum absolute atomic E-state index is 12.3. The standard InChI is InChI=1S/C12H23N3O3S/c1-19(17,18)15-8-6-14(7-9-15)12(16)10-2-4-11(13)5-3-10/h10-11H,2-9,13H2,1H3. The number of nitrogens with two attached hydrogens (primary N) is 1. The van der Waals surface area contributed by atoms with E-state index in [-0.39, 0.29) is 17.9 Å². The molecule has 2 aliphatic rings. The summed E-state index contributed by atoms with van der Waals surface area (Å²) in [4.78, 5) is 14.1. The Bertz CT molecular complexity index is 422. The summed E-state index contributed by atoms with van der Waals surface area (Å²) in [5.74, 6) is 0.268. The molecular formula is C12H23N3O3S. The van der Waals surface area contributed by atoms with Crippen LogP contribution < -0.4 is 5.73 Å². The van der Waals surface area contributed by atoms with Crippen LogP contribution in [0.15, 0.2) is 0 Å². The van der Waals surface area contributed by atoms with Gasteiger partial charge in [0.15, 0.2) is 0 Å². The molecule has 2 N–H and O–H groups in total. The molecule has 0 aromatic heterocycles. The fourth-order valence-corrected chi connectivity index (χ4v) is 3.69. The minimum Gasteiger partial charge on any atom is -0.340 e. The van der Waals surface area contributed by atoms with Crippen LogP contribution >= 0.6 is 0 Å². The minimum absolute atomic E-state index is 0.0876. The van der Waals surface area contributed by atoms with Gasteiger partial charge in [-0.05, 0) is 25.7 Å². The average molecular weight is 289 g/mol. The predicted molar refractivity (Wildman–Crippen MR) is 72.9 cm³/mol. The van der Waals surface area contributed by atoms with Gasteiger partial charge in [0, 0.05) is 38.1 Å². The molecule has 2 fully saturated rings.